The molecule has 0 amide bonds. The Hall–Kier alpha value is 0.310. The smallest absolute Gasteiger partial charge is 0.0438 e. The van der Waals surface area contributed by atoms with Gasteiger partial charge in [-0.15, -0.1) is 11.8 Å². The highest BCUT2D eigenvalue weighted by Gasteiger charge is 2.06. The maximum Gasteiger partial charge on any atom is 0.0438 e. The van der Waals surface area contributed by atoms with Crippen LogP contribution in [0.3, 0.4) is 0 Å². The van der Waals surface area contributed by atoms with Gasteiger partial charge < -0.3 is 0 Å². The molecule has 0 aromatic carbocycles. The van der Waals surface area contributed by atoms with Crippen LogP contribution < -0.4 is 0 Å². The molecular weight excluding hydrogens is 178 g/mol. The lowest BCUT2D eigenvalue weighted by Crippen LogP contribution is -2.19. The standard InChI is InChI=1S/C11H25NS/c1-10(2)11(3)7-6-8-12(4)9-13-5/h10-11H,6-9H2,1-5H3/t11-/m0/s1. The van der Waals surface area contributed by atoms with Gasteiger partial charge in [-0.25, -0.2) is 0 Å². The molecule has 13 heavy (non-hydrogen) atoms. The number of hydrogen-bond acceptors (Lipinski definition) is 2. The molecule has 1 nitrogen and oxygen atoms in total. The minimum atomic E-state index is 0.839. The largest absolute Gasteiger partial charge is 0.297 e. The zero-order valence-corrected chi connectivity index (χ0v) is 10.7. The quantitative estimate of drug-likeness (QED) is 0.584. The van der Waals surface area contributed by atoms with Crippen LogP contribution in [0.25, 0.3) is 0 Å². The molecule has 0 unspecified atom stereocenters. The van der Waals surface area contributed by atoms with Gasteiger partial charge in [0.2, 0.25) is 0 Å². The number of nitrogens with zero attached hydrogens (tertiary/aromatic N) is 1. The molecule has 0 aliphatic rings. The van der Waals surface area contributed by atoms with E-state index in [1.54, 1.807) is 0 Å². The lowest BCUT2D eigenvalue weighted by Gasteiger charge is -2.18. The van der Waals surface area contributed by atoms with Crippen LogP contribution in [0.15, 0.2) is 0 Å². The first kappa shape index (κ1) is 13.3. The SMILES string of the molecule is CSCN(C)CCC[C@H](C)C(C)C. The van der Waals surface area contributed by atoms with Crippen molar-refractivity contribution in [3.63, 3.8) is 0 Å². The maximum atomic E-state index is 2.40. The van der Waals surface area contributed by atoms with Gasteiger partial charge in [0.1, 0.15) is 0 Å². The molecule has 80 valence electrons. The molecule has 1 atom stereocenters. The fourth-order valence-corrected chi connectivity index (χ4v) is 1.87. The molecular formula is C11H25NS. The number of thioether (sulfide) groups is 1. The molecule has 0 aromatic heterocycles. The highest BCUT2D eigenvalue weighted by molar-refractivity contribution is 7.98. The van der Waals surface area contributed by atoms with E-state index in [1.807, 2.05) is 11.8 Å². The molecule has 0 heterocycles. The molecule has 0 aliphatic carbocycles. The van der Waals surface area contributed by atoms with Crippen molar-refractivity contribution in [2.24, 2.45) is 11.8 Å². The maximum absolute atomic E-state index is 2.40. The van der Waals surface area contributed by atoms with Crippen LogP contribution in [0.2, 0.25) is 0 Å². The van der Waals surface area contributed by atoms with Crippen molar-refractivity contribution in [2.75, 3.05) is 25.7 Å². The van der Waals surface area contributed by atoms with Gasteiger partial charge in [-0.3, -0.25) is 4.90 Å². The van der Waals surface area contributed by atoms with Crippen molar-refractivity contribution in [1.82, 2.24) is 4.90 Å². The van der Waals surface area contributed by atoms with Crippen LogP contribution in [0.1, 0.15) is 33.6 Å². The molecule has 0 aliphatic heterocycles. The van der Waals surface area contributed by atoms with E-state index in [2.05, 4.69) is 39.0 Å². The zero-order chi connectivity index (χ0) is 10.3. The van der Waals surface area contributed by atoms with Crippen molar-refractivity contribution in [3.8, 4) is 0 Å². The van der Waals surface area contributed by atoms with E-state index in [1.165, 1.54) is 19.4 Å². The Kier molecular flexibility index (Phi) is 7.87. The van der Waals surface area contributed by atoms with Crippen LogP contribution >= 0.6 is 11.8 Å². The minimum Gasteiger partial charge on any atom is -0.297 e. The predicted molar refractivity (Wildman–Crippen MR) is 64.2 cm³/mol. The molecule has 0 aromatic rings. The first-order valence-corrected chi connectivity index (χ1v) is 6.64. The van der Waals surface area contributed by atoms with Gasteiger partial charge in [-0.2, -0.15) is 0 Å². The van der Waals surface area contributed by atoms with Gasteiger partial charge in [0.05, 0.1) is 0 Å². The van der Waals surface area contributed by atoms with E-state index < -0.39 is 0 Å². The van der Waals surface area contributed by atoms with Crippen LogP contribution in [0.4, 0.5) is 0 Å². The van der Waals surface area contributed by atoms with Crippen LogP contribution in [-0.2, 0) is 0 Å². The van der Waals surface area contributed by atoms with Crippen molar-refractivity contribution >= 4 is 11.8 Å². The Morgan fingerprint density at radius 3 is 2.31 bits per heavy atom. The summed E-state index contributed by atoms with van der Waals surface area (Å²) in [5, 5.41) is 0. The second-order valence-corrected chi connectivity index (χ2v) is 5.20. The van der Waals surface area contributed by atoms with Gasteiger partial charge >= 0.3 is 0 Å². The monoisotopic (exact) mass is 203 g/mol. The fourth-order valence-electron chi connectivity index (χ4n) is 1.30. The molecule has 0 radical (unpaired) electrons. The normalized spacial score (nSPS) is 14.1. The van der Waals surface area contributed by atoms with E-state index in [0.717, 1.165) is 17.7 Å². The summed E-state index contributed by atoms with van der Waals surface area (Å²) in [6, 6.07) is 0. The lowest BCUT2D eigenvalue weighted by atomic mass is 9.93. The summed E-state index contributed by atoms with van der Waals surface area (Å²) in [6.45, 7) is 8.24. The van der Waals surface area contributed by atoms with Gasteiger partial charge in [-0.05, 0) is 44.5 Å². The molecule has 2 heteroatoms. The first-order valence-electron chi connectivity index (χ1n) is 5.25. The topological polar surface area (TPSA) is 3.24 Å². The van der Waals surface area contributed by atoms with Gasteiger partial charge in [0.25, 0.3) is 0 Å². The zero-order valence-electron chi connectivity index (χ0n) is 9.84. The Morgan fingerprint density at radius 2 is 1.85 bits per heavy atom. The van der Waals surface area contributed by atoms with E-state index >= 15 is 0 Å². The van der Waals surface area contributed by atoms with E-state index in [4.69, 9.17) is 0 Å². The molecule has 0 fully saturated rings. The molecule has 0 bridgehead atoms. The summed E-state index contributed by atoms with van der Waals surface area (Å²) in [5.74, 6) is 2.88. The summed E-state index contributed by atoms with van der Waals surface area (Å²) in [6.07, 6.45) is 4.88. The third-order valence-electron chi connectivity index (χ3n) is 2.69. The lowest BCUT2D eigenvalue weighted by molar-refractivity contribution is 0.329. The first-order chi connectivity index (χ1) is 6.07. The molecule has 0 saturated carbocycles. The van der Waals surface area contributed by atoms with Crippen LogP contribution in [0, 0.1) is 11.8 Å². The van der Waals surface area contributed by atoms with Gasteiger partial charge in [0, 0.05) is 5.88 Å². The Balaban J connectivity index is 3.33. The summed E-state index contributed by atoms with van der Waals surface area (Å²) >= 11 is 1.90. The van der Waals surface area contributed by atoms with Crippen molar-refractivity contribution in [2.45, 2.75) is 33.6 Å². The summed E-state index contributed by atoms with van der Waals surface area (Å²) < 4.78 is 0. The highest BCUT2D eigenvalue weighted by atomic mass is 32.2. The van der Waals surface area contributed by atoms with E-state index in [-0.39, 0.29) is 0 Å². The molecule has 0 rings (SSSR count). The minimum absolute atomic E-state index is 0.839. The van der Waals surface area contributed by atoms with Crippen molar-refractivity contribution in [1.29, 1.82) is 0 Å². The van der Waals surface area contributed by atoms with Crippen LogP contribution in [0.5, 0.6) is 0 Å². The average Bonchev–Trinajstić information content (AvgIpc) is 2.04. The second kappa shape index (κ2) is 7.69. The molecule has 0 saturated heterocycles. The summed E-state index contributed by atoms with van der Waals surface area (Å²) in [4.78, 5) is 2.40. The van der Waals surface area contributed by atoms with Crippen LogP contribution in [-0.4, -0.2) is 30.6 Å². The summed E-state index contributed by atoms with van der Waals surface area (Å²) in [7, 11) is 2.20. The van der Waals surface area contributed by atoms with Gasteiger partial charge in [-0.1, -0.05) is 20.8 Å². The Labute approximate surface area is 88.3 Å². The number of rotatable bonds is 7. The van der Waals surface area contributed by atoms with Crippen molar-refractivity contribution < 1.29 is 0 Å². The Bertz CT molecular complexity index is 115. The number of hydrogen-bond donors (Lipinski definition) is 0. The van der Waals surface area contributed by atoms with E-state index in [0.29, 0.717) is 0 Å². The third-order valence-corrected chi connectivity index (χ3v) is 3.39. The average molecular weight is 203 g/mol. The second-order valence-electron chi connectivity index (χ2n) is 4.36. The Morgan fingerprint density at radius 1 is 1.23 bits per heavy atom. The summed E-state index contributed by atoms with van der Waals surface area (Å²) in [5.41, 5.74) is 0. The molecule has 0 N–H and O–H groups in total. The predicted octanol–water partition coefficient (Wildman–Crippen LogP) is 3.31. The highest BCUT2D eigenvalue weighted by Crippen LogP contribution is 2.15. The van der Waals surface area contributed by atoms with E-state index in [9.17, 15) is 0 Å². The molecule has 0 spiro atoms. The van der Waals surface area contributed by atoms with Gasteiger partial charge in [0.15, 0.2) is 0 Å². The fraction of sp³-hybridized carbons (Fsp3) is 1.00. The third kappa shape index (κ3) is 7.39. The van der Waals surface area contributed by atoms with Crippen molar-refractivity contribution in [3.05, 3.63) is 0 Å².